The molecule has 0 spiro atoms. The molecule has 4 rings (SSSR count). The highest BCUT2D eigenvalue weighted by atomic mass is 16.5. The second kappa shape index (κ2) is 6.02. The molecule has 1 aromatic rings. The number of morpholine rings is 1. The molecule has 6 nitrogen and oxygen atoms in total. The minimum Gasteiger partial charge on any atom is -0.375 e. The summed E-state index contributed by atoms with van der Waals surface area (Å²) in [4.78, 5) is 2.59. The number of aromatic nitrogens is 3. The molecule has 0 aromatic carbocycles. The van der Waals surface area contributed by atoms with Crippen LogP contribution in [0.2, 0.25) is 0 Å². The minimum atomic E-state index is 0.479. The molecular weight excluding hydrogens is 266 g/mol. The quantitative estimate of drug-likeness (QED) is 0.839. The molecule has 3 aliphatic rings. The fourth-order valence-electron chi connectivity index (χ4n) is 3.58. The van der Waals surface area contributed by atoms with Crippen molar-refractivity contribution in [3.05, 3.63) is 11.9 Å². The molecule has 2 heterocycles. The molecule has 2 atom stereocenters. The van der Waals surface area contributed by atoms with E-state index in [9.17, 15) is 0 Å². The maximum absolute atomic E-state index is 5.86. The third-order valence-corrected chi connectivity index (χ3v) is 4.95. The van der Waals surface area contributed by atoms with Crippen LogP contribution in [0.3, 0.4) is 0 Å². The maximum Gasteiger partial charge on any atom is 0.0964 e. The van der Waals surface area contributed by atoms with Crippen LogP contribution in [0.4, 0.5) is 0 Å². The van der Waals surface area contributed by atoms with Crippen molar-refractivity contribution in [2.24, 2.45) is 0 Å². The zero-order valence-corrected chi connectivity index (χ0v) is 12.6. The van der Waals surface area contributed by atoms with Crippen molar-refractivity contribution in [2.45, 2.75) is 63.4 Å². The van der Waals surface area contributed by atoms with Crippen molar-refractivity contribution in [1.82, 2.24) is 25.2 Å². The van der Waals surface area contributed by atoms with Crippen molar-refractivity contribution in [2.75, 3.05) is 19.7 Å². The smallest absolute Gasteiger partial charge is 0.0964 e. The van der Waals surface area contributed by atoms with E-state index >= 15 is 0 Å². The Bertz CT molecular complexity index is 472. The molecule has 0 radical (unpaired) electrons. The fourth-order valence-corrected chi connectivity index (χ4v) is 3.58. The number of ether oxygens (including phenoxy) is 1. The lowest BCUT2D eigenvalue weighted by Crippen LogP contribution is -2.49. The molecule has 21 heavy (non-hydrogen) atoms. The molecule has 1 N–H and O–H groups in total. The Labute approximate surface area is 125 Å². The minimum absolute atomic E-state index is 0.479. The average Bonchev–Trinajstić information content (AvgIpc) is 3.02. The van der Waals surface area contributed by atoms with Crippen LogP contribution in [-0.2, 0) is 17.8 Å². The predicted octanol–water partition coefficient (Wildman–Crippen LogP) is 0.783. The zero-order chi connectivity index (χ0) is 14.1. The van der Waals surface area contributed by atoms with Gasteiger partial charge in [0.1, 0.15) is 0 Å². The van der Waals surface area contributed by atoms with E-state index in [1.54, 1.807) is 0 Å². The molecule has 0 amide bonds. The summed E-state index contributed by atoms with van der Waals surface area (Å²) in [5, 5.41) is 12.0. The maximum atomic E-state index is 5.86. The second-order valence-corrected chi connectivity index (χ2v) is 6.57. The van der Waals surface area contributed by atoms with Gasteiger partial charge < -0.3 is 10.1 Å². The van der Waals surface area contributed by atoms with Gasteiger partial charge in [0.2, 0.25) is 0 Å². The first-order valence-electron chi connectivity index (χ1n) is 8.36. The monoisotopic (exact) mass is 291 g/mol. The number of hydrogen-bond acceptors (Lipinski definition) is 5. The lowest BCUT2D eigenvalue weighted by Gasteiger charge is -2.37. The van der Waals surface area contributed by atoms with E-state index in [0.29, 0.717) is 12.1 Å². The largest absolute Gasteiger partial charge is 0.375 e. The molecule has 3 fully saturated rings. The first-order valence-corrected chi connectivity index (χ1v) is 8.36. The highest BCUT2D eigenvalue weighted by Crippen LogP contribution is 2.29. The summed E-state index contributed by atoms with van der Waals surface area (Å²) in [5.74, 6) is 0. The van der Waals surface area contributed by atoms with Crippen molar-refractivity contribution in [3.8, 4) is 0 Å². The van der Waals surface area contributed by atoms with Gasteiger partial charge in [-0.05, 0) is 32.1 Å². The van der Waals surface area contributed by atoms with Gasteiger partial charge >= 0.3 is 0 Å². The van der Waals surface area contributed by atoms with Gasteiger partial charge in [0.25, 0.3) is 0 Å². The molecule has 1 aliphatic heterocycles. The number of rotatable bonds is 6. The average molecular weight is 291 g/mol. The van der Waals surface area contributed by atoms with E-state index in [0.717, 1.165) is 44.5 Å². The van der Waals surface area contributed by atoms with E-state index in [-0.39, 0.29) is 0 Å². The topological polar surface area (TPSA) is 55.2 Å². The van der Waals surface area contributed by atoms with E-state index < -0.39 is 0 Å². The number of hydrogen-bond donors (Lipinski definition) is 1. The molecule has 0 bridgehead atoms. The number of nitrogens with one attached hydrogen (secondary N) is 1. The van der Waals surface area contributed by atoms with Crippen molar-refractivity contribution in [3.63, 3.8) is 0 Å². The number of nitrogens with zero attached hydrogens (tertiary/aromatic N) is 4. The van der Waals surface area contributed by atoms with Crippen LogP contribution in [0, 0.1) is 0 Å². The highest BCUT2D eigenvalue weighted by molar-refractivity contribution is 4.94. The SMILES string of the molecule is c1c(CNC2CC2)nnn1CCN1CCOC2CCCC21. The predicted molar refractivity (Wildman–Crippen MR) is 78.8 cm³/mol. The first-order chi connectivity index (χ1) is 10.4. The second-order valence-electron chi connectivity index (χ2n) is 6.57. The standard InChI is InChI=1S/C15H25N5O/c1-2-14-15(3-1)21-9-8-19(14)6-7-20-11-13(17-18-20)10-16-12-4-5-12/h11-12,14-16H,1-10H2. The molecule has 1 aromatic heterocycles. The molecule has 2 aliphatic carbocycles. The van der Waals surface area contributed by atoms with Crippen molar-refractivity contribution in [1.29, 1.82) is 0 Å². The van der Waals surface area contributed by atoms with Crippen LogP contribution in [0.25, 0.3) is 0 Å². The normalized spacial score (nSPS) is 29.7. The highest BCUT2D eigenvalue weighted by Gasteiger charge is 2.35. The van der Waals surface area contributed by atoms with Crippen LogP contribution in [0.15, 0.2) is 6.20 Å². The van der Waals surface area contributed by atoms with E-state index in [2.05, 4.69) is 26.7 Å². The summed E-state index contributed by atoms with van der Waals surface area (Å²) in [7, 11) is 0. The zero-order valence-electron chi connectivity index (χ0n) is 12.6. The summed E-state index contributed by atoms with van der Waals surface area (Å²) < 4.78 is 7.85. The van der Waals surface area contributed by atoms with Gasteiger partial charge in [0.15, 0.2) is 0 Å². The van der Waals surface area contributed by atoms with Crippen LogP contribution in [-0.4, -0.2) is 57.8 Å². The van der Waals surface area contributed by atoms with Gasteiger partial charge in [-0.3, -0.25) is 9.58 Å². The molecule has 1 saturated heterocycles. The van der Waals surface area contributed by atoms with Crippen LogP contribution in [0.5, 0.6) is 0 Å². The van der Waals surface area contributed by atoms with Crippen LogP contribution >= 0.6 is 0 Å². The van der Waals surface area contributed by atoms with E-state index in [1.807, 2.05) is 4.68 Å². The Kier molecular flexibility index (Phi) is 3.92. The Morgan fingerprint density at radius 2 is 2.19 bits per heavy atom. The van der Waals surface area contributed by atoms with Gasteiger partial charge in [-0.25, -0.2) is 0 Å². The fraction of sp³-hybridized carbons (Fsp3) is 0.867. The number of fused-ring (bicyclic) bond motifs is 1. The van der Waals surface area contributed by atoms with E-state index in [1.165, 1.54) is 32.1 Å². The lowest BCUT2D eigenvalue weighted by atomic mass is 10.1. The van der Waals surface area contributed by atoms with Crippen LogP contribution in [0.1, 0.15) is 37.8 Å². The summed E-state index contributed by atoms with van der Waals surface area (Å²) in [6, 6.07) is 1.36. The Hall–Kier alpha value is -0.980. The third-order valence-electron chi connectivity index (χ3n) is 4.95. The van der Waals surface area contributed by atoms with Gasteiger partial charge in [-0.1, -0.05) is 5.21 Å². The van der Waals surface area contributed by atoms with Gasteiger partial charge in [0, 0.05) is 37.9 Å². The first kappa shape index (κ1) is 13.7. The summed E-state index contributed by atoms with van der Waals surface area (Å²) in [6.45, 7) is 4.79. The van der Waals surface area contributed by atoms with Gasteiger partial charge in [-0.2, -0.15) is 0 Å². The Morgan fingerprint density at radius 1 is 1.24 bits per heavy atom. The summed E-state index contributed by atoms with van der Waals surface area (Å²) in [6.07, 6.45) is 9.03. The van der Waals surface area contributed by atoms with Crippen molar-refractivity contribution >= 4 is 0 Å². The lowest BCUT2D eigenvalue weighted by molar-refractivity contribution is -0.0566. The van der Waals surface area contributed by atoms with E-state index in [4.69, 9.17) is 4.74 Å². The Balaban J connectivity index is 1.27. The molecule has 2 unspecified atom stereocenters. The third kappa shape index (κ3) is 3.27. The molecule has 6 heteroatoms. The van der Waals surface area contributed by atoms with Crippen molar-refractivity contribution < 1.29 is 4.74 Å². The van der Waals surface area contributed by atoms with Gasteiger partial charge in [0.05, 0.1) is 24.9 Å². The van der Waals surface area contributed by atoms with Gasteiger partial charge in [-0.15, -0.1) is 5.10 Å². The molecule has 116 valence electrons. The Morgan fingerprint density at radius 3 is 3.10 bits per heavy atom. The molecular formula is C15H25N5O. The summed E-state index contributed by atoms with van der Waals surface area (Å²) in [5.41, 5.74) is 1.06. The van der Waals surface area contributed by atoms with Crippen LogP contribution < -0.4 is 5.32 Å². The molecule has 2 saturated carbocycles. The summed E-state index contributed by atoms with van der Waals surface area (Å²) >= 11 is 0.